The largest absolute Gasteiger partial charge is 0.475 e. The summed E-state index contributed by atoms with van der Waals surface area (Å²) in [5, 5.41) is 32.2. The summed E-state index contributed by atoms with van der Waals surface area (Å²) >= 11 is 7.87. The average Bonchev–Trinajstić information content (AvgIpc) is 4.44. The molecule has 81 heavy (non-hydrogen) atoms. The molecule has 0 radical (unpaired) electrons. The maximum Gasteiger partial charge on any atom is 0.319 e. The minimum absolute atomic E-state index is 0.00248. The molecule has 2 amide bonds. The number of hydrogen-bond acceptors (Lipinski definition) is 15. The molecule has 4 fully saturated rings. The number of nitriles is 1. The van der Waals surface area contributed by atoms with Gasteiger partial charge in [-0.25, -0.2) is 17.6 Å². The Bertz CT molecular complexity index is 3530. The van der Waals surface area contributed by atoms with Crippen molar-refractivity contribution in [3.05, 3.63) is 112 Å². The standard InChI is InChI=1S/C59H61ClF4N10O6S/c1-30(2)48(58(77)74-28-37(75)22-45(74)57(76)68-31(3)34-7-9-35(10-8-34)49-42(61)5-4-6-43(49)62)46-24-47(71-80-46)79-29-32-13-16-72(17-14-32)19-20-78-59-69-53-39(56(70-59)73-18-15-33-21-36(27-73)67-26-33)23-41(60)51(52(53)64)38-11-12-44(63)54-50(38)40(25-65)55(66)81-54/h4-12,23-24,30-33,36-37,45,48,67,75H,13-22,26-29,66H2,1-3H3,(H,68,76)/t31-,33?,36?,37+,45-,48+/m0/s1. The number of thiophene rings is 1. The predicted octanol–water partition coefficient (Wildman–Crippen LogP) is 9.77. The van der Waals surface area contributed by atoms with Crippen LogP contribution in [0.4, 0.5) is 28.4 Å². The van der Waals surface area contributed by atoms with E-state index in [0.717, 1.165) is 56.7 Å². The van der Waals surface area contributed by atoms with E-state index in [-0.39, 0.29) is 103 Å². The number of carbonyl (C=O) groups is 2. The zero-order valence-corrected chi connectivity index (χ0v) is 46.4. The predicted molar refractivity (Wildman–Crippen MR) is 300 cm³/mol. The van der Waals surface area contributed by atoms with Gasteiger partial charge in [0, 0.05) is 61.0 Å². The highest BCUT2D eigenvalue weighted by atomic mass is 35.5. The number of nitrogens with two attached hydrogens (primary N) is 1. The molecule has 6 atom stereocenters. The molecule has 3 aromatic heterocycles. The minimum Gasteiger partial charge on any atom is -0.475 e. The molecule has 4 saturated heterocycles. The number of nitrogens with one attached hydrogen (secondary N) is 2. The first-order valence-corrected chi connectivity index (χ1v) is 28.6. The first-order chi connectivity index (χ1) is 39.0. The lowest BCUT2D eigenvalue weighted by molar-refractivity contribution is -0.141. The van der Waals surface area contributed by atoms with Crippen LogP contribution in [0.15, 0.2) is 71.3 Å². The molecule has 7 aromatic rings. The van der Waals surface area contributed by atoms with Crippen molar-refractivity contribution in [2.75, 3.05) is 69.7 Å². The monoisotopic (exact) mass is 1150 g/mol. The molecule has 2 bridgehead atoms. The molecule has 4 aliphatic heterocycles. The van der Waals surface area contributed by atoms with E-state index in [1.54, 1.807) is 43.3 Å². The molecule has 0 spiro atoms. The first kappa shape index (κ1) is 55.8. The van der Waals surface area contributed by atoms with Gasteiger partial charge in [-0.15, -0.1) is 11.3 Å². The van der Waals surface area contributed by atoms with Gasteiger partial charge in [0.1, 0.15) is 58.4 Å². The molecule has 0 aliphatic carbocycles. The number of halogens is 5. The Kier molecular flexibility index (Phi) is 16.1. The van der Waals surface area contributed by atoms with Gasteiger partial charge in [-0.3, -0.25) is 14.5 Å². The molecule has 0 saturated carbocycles. The van der Waals surface area contributed by atoms with E-state index in [9.17, 15) is 28.7 Å². The van der Waals surface area contributed by atoms with Gasteiger partial charge in [0.15, 0.2) is 11.6 Å². The number of anilines is 2. The number of rotatable bonds is 16. The molecule has 5 N–H and O–H groups in total. The third kappa shape index (κ3) is 11.3. The van der Waals surface area contributed by atoms with Gasteiger partial charge in [-0.2, -0.15) is 15.2 Å². The highest BCUT2D eigenvalue weighted by Gasteiger charge is 2.44. The van der Waals surface area contributed by atoms with Crippen molar-refractivity contribution in [2.24, 2.45) is 17.8 Å². The van der Waals surface area contributed by atoms with Crippen LogP contribution >= 0.6 is 22.9 Å². The van der Waals surface area contributed by atoms with E-state index in [1.165, 1.54) is 35.2 Å². The van der Waals surface area contributed by atoms with Crippen LogP contribution in [0.5, 0.6) is 11.9 Å². The number of aliphatic hydroxyl groups excluding tert-OH is 1. The number of aliphatic hydroxyl groups is 1. The van der Waals surface area contributed by atoms with Crippen LogP contribution in [0.2, 0.25) is 5.02 Å². The Balaban J connectivity index is 0.708. The lowest BCUT2D eigenvalue weighted by atomic mass is 9.91. The van der Waals surface area contributed by atoms with E-state index in [2.05, 4.69) is 36.6 Å². The summed E-state index contributed by atoms with van der Waals surface area (Å²) in [4.78, 5) is 43.4. The summed E-state index contributed by atoms with van der Waals surface area (Å²) in [6, 6.07) is 16.9. The van der Waals surface area contributed by atoms with Crippen LogP contribution in [-0.4, -0.2) is 119 Å². The molecule has 4 aliphatic rings. The molecule has 16 nitrogen and oxygen atoms in total. The zero-order chi connectivity index (χ0) is 56.8. The molecule has 11 rings (SSSR count). The zero-order valence-electron chi connectivity index (χ0n) is 44.9. The second kappa shape index (κ2) is 23.4. The minimum atomic E-state index is -0.963. The topological polar surface area (TPSA) is 208 Å². The second-order valence-corrected chi connectivity index (χ2v) is 23.5. The number of amides is 2. The number of ether oxygens (including phenoxy) is 2. The van der Waals surface area contributed by atoms with Gasteiger partial charge in [0.2, 0.25) is 11.8 Å². The number of carbonyl (C=O) groups excluding carboxylic acids is 2. The van der Waals surface area contributed by atoms with Gasteiger partial charge in [-0.05, 0) is 116 Å². The van der Waals surface area contributed by atoms with Crippen molar-refractivity contribution in [2.45, 2.75) is 83.0 Å². The number of aromatic nitrogens is 3. The SMILES string of the molecule is CC(C)[C@@H](C(=O)N1C[C@H](O)C[C@H]1C(=O)N[C@@H](C)c1ccc(-c2c(F)cccc2F)cc1)c1cc(OCC2CCN(CCOc3nc(N4CCC5CNC(C5)C4)c4cc(Cl)c(-c5ccc(F)c6sc(N)c(C#N)c56)c(F)c4n3)CC2)no1. The molecule has 4 aromatic carbocycles. The normalized spacial score (nSPS) is 20.5. The molecular formula is C59H61ClF4N10O6S. The number of piperidine rings is 1. The lowest BCUT2D eigenvalue weighted by Crippen LogP contribution is -2.48. The summed E-state index contributed by atoms with van der Waals surface area (Å²) in [5.41, 5.74) is 7.25. The number of β-amino-alcohol motifs (C(OH)–C–C–N with tert-alkyl or cyclic N) is 1. The number of nitrogens with zero attached hydrogens (tertiary/aromatic N) is 7. The van der Waals surface area contributed by atoms with Crippen molar-refractivity contribution in [1.29, 1.82) is 5.26 Å². The second-order valence-electron chi connectivity index (χ2n) is 22.0. The van der Waals surface area contributed by atoms with E-state index in [1.807, 2.05) is 13.8 Å². The Hall–Kier alpha value is -7.09. The summed E-state index contributed by atoms with van der Waals surface area (Å²) < 4.78 is 79.5. The van der Waals surface area contributed by atoms with E-state index >= 15 is 8.78 Å². The van der Waals surface area contributed by atoms with Crippen molar-refractivity contribution < 1.29 is 46.3 Å². The van der Waals surface area contributed by atoms with Gasteiger partial charge in [0.05, 0.1) is 39.6 Å². The van der Waals surface area contributed by atoms with Crippen molar-refractivity contribution in [1.82, 2.24) is 35.6 Å². The van der Waals surface area contributed by atoms with E-state index in [4.69, 9.17) is 36.3 Å². The van der Waals surface area contributed by atoms with Crippen molar-refractivity contribution in [3.63, 3.8) is 0 Å². The third-order valence-electron chi connectivity index (χ3n) is 16.3. The summed E-state index contributed by atoms with van der Waals surface area (Å²) in [6.07, 6.45) is 2.69. The summed E-state index contributed by atoms with van der Waals surface area (Å²) in [6.45, 7) is 10.4. The fraction of sp³-hybridized carbons (Fsp3) is 0.424. The van der Waals surface area contributed by atoms with Gasteiger partial charge < -0.3 is 45.3 Å². The fourth-order valence-corrected chi connectivity index (χ4v) is 13.3. The van der Waals surface area contributed by atoms with E-state index in [0.29, 0.717) is 54.5 Å². The maximum absolute atomic E-state index is 17.3. The van der Waals surface area contributed by atoms with Gasteiger partial charge in [-0.1, -0.05) is 61.8 Å². The number of nitrogen functional groups attached to an aromatic ring is 1. The van der Waals surface area contributed by atoms with Crippen LogP contribution < -0.4 is 30.7 Å². The highest BCUT2D eigenvalue weighted by molar-refractivity contribution is 7.23. The quantitative estimate of drug-likeness (QED) is 0.0665. The molecule has 7 heterocycles. The average molecular weight is 1150 g/mol. The Morgan fingerprint density at radius 1 is 0.963 bits per heavy atom. The van der Waals surface area contributed by atoms with Gasteiger partial charge in [0.25, 0.3) is 5.88 Å². The number of benzene rings is 4. The Morgan fingerprint density at radius 2 is 1.73 bits per heavy atom. The number of hydrogen-bond donors (Lipinski definition) is 4. The first-order valence-electron chi connectivity index (χ1n) is 27.4. The Labute approximate surface area is 474 Å². The van der Waals surface area contributed by atoms with Crippen LogP contribution in [-0.2, 0) is 9.59 Å². The molecule has 22 heteroatoms. The molecule has 424 valence electrons. The van der Waals surface area contributed by atoms with Crippen molar-refractivity contribution >= 4 is 66.6 Å². The molecule has 2 unspecified atom stereocenters. The van der Waals surface area contributed by atoms with Crippen LogP contribution in [0.1, 0.15) is 81.7 Å². The lowest BCUT2D eigenvalue weighted by Gasteiger charge is -2.31. The summed E-state index contributed by atoms with van der Waals surface area (Å²) in [7, 11) is 0. The van der Waals surface area contributed by atoms with E-state index < -0.39 is 59.2 Å². The summed E-state index contributed by atoms with van der Waals surface area (Å²) in [5.74, 6) is -2.93. The highest BCUT2D eigenvalue weighted by Crippen LogP contribution is 2.46. The van der Waals surface area contributed by atoms with Gasteiger partial charge >= 0.3 is 6.01 Å². The number of fused-ring (bicyclic) bond motifs is 4. The maximum atomic E-state index is 17.3. The van der Waals surface area contributed by atoms with Crippen molar-refractivity contribution in [3.8, 4) is 40.2 Å². The Morgan fingerprint density at radius 3 is 2.47 bits per heavy atom. The number of likely N-dealkylation sites (tertiary alicyclic amines) is 2. The smallest absolute Gasteiger partial charge is 0.319 e. The van der Waals surface area contributed by atoms with Crippen LogP contribution in [0.3, 0.4) is 0 Å². The van der Waals surface area contributed by atoms with Crippen LogP contribution in [0.25, 0.3) is 43.2 Å². The molecular weight excluding hydrogens is 1090 g/mol. The fourth-order valence-electron chi connectivity index (χ4n) is 12.0. The van der Waals surface area contributed by atoms with Crippen LogP contribution in [0, 0.1) is 52.4 Å². The third-order valence-corrected chi connectivity index (χ3v) is 17.7.